The fourth-order valence-electron chi connectivity index (χ4n) is 2.12. The van der Waals surface area contributed by atoms with Crippen molar-refractivity contribution in [1.29, 1.82) is 0 Å². The fourth-order valence-corrected chi connectivity index (χ4v) is 2.12. The lowest BCUT2D eigenvalue weighted by molar-refractivity contribution is -0.285. The van der Waals surface area contributed by atoms with E-state index in [2.05, 4.69) is 0 Å². The van der Waals surface area contributed by atoms with Crippen LogP contribution in [0.3, 0.4) is 0 Å². The standard InChI is InChI=1S/C14H18O8/c1-6-4-7(2-3-8(6)16)13(20)22-14-12(19)11(18)10(17)9(5-15)21-14/h2-4,9-12,14-19H,5H2,1H3. The van der Waals surface area contributed by atoms with Gasteiger partial charge in [-0.05, 0) is 30.7 Å². The predicted molar refractivity (Wildman–Crippen MR) is 72.0 cm³/mol. The minimum absolute atomic E-state index is 0.0180. The Kier molecular flexibility index (Phi) is 4.99. The molecule has 0 amide bonds. The lowest BCUT2D eigenvalue weighted by atomic mass is 9.99. The molecular formula is C14H18O8. The lowest BCUT2D eigenvalue weighted by Crippen LogP contribution is -2.59. The third kappa shape index (κ3) is 3.21. The number of ether oxygens (including phenoxy) is 2. The Balaban J connectivity index is 2.11. The van der Waals surface area contributed by atoms with Gasteiger partial charge in [-0.2, -0.15) is 0 Å². The Morgan fingerprint density at radius 1 is 1.23 bits per heavy atom. The van der Waals surface area contributed by atoms with Gasteiger partial charge >= 0.3 is 5.97 Å². The molecule has 1 aliphatic rings. The minimum atomic E-state index is -1.65. The summed E-state index contributed by atoms with van der Waals surface area (Å²) in [7, 11) is 0. The first-order chi connectivity index (χ1) is 10.3. The van der Waals surface area contributed by atoms with Crippen molar-refractivity contribution in [2.45, 2.75) is 37.6 Å². The highest BCUT2D eigenvalue weighted by molar-refractivity contribution is 5.90. The molecule has 0 radical (unpaired) electrons. The Bertz CT molecular complexity index is 544. The molecule has 0 bridgehead atoms. The maximum atomic E-state index is 12.0. The number of hydrogen-bond acceptors (Lipinski definition) is 8. The molecule has 8 nitrogen and oxygen atoms in total. The van der Waals surface area contributed by atoms with Gasteiger partial charge in [0.05, 0.1) is 12.2 Å². The molecule has 0 saturated carbocycles. The molecule has 1 fully saturated rings. The van der Waals surface area contributed by atoms with Gasteiger partial charge in [0.2, 0.25) is 6.29 Å². The molecule has 1 aromatic rings. The van der Waals surface area contributed by atoms with Gasteiger partial charge in [0, 0.05) is 0 Å². The molecule has 1 aromatic carbocycles. The van der Waals surface area contributed by atoms with Crippen LogP contribution in [-0.4, -0.2) is 68.8 Å². The van der Waals surface area contributed by atoms with Crippen molar-refractivity contribution in [3.05, 3.63) is 29.3 Å². The summed E-state index contributed by atoms with van der Waals surface area (Å²) in [4.78, 5) is 12.0. The van der Waals surface area contributed by atoms with E-state index in [4.69, 9.17) is 14.6 Å². The number of aryl methyl sites for hydroxylation is 1. The summed E-state index contributed by atoms with van der Waals surface area (Å²) in [6.07, 6.45) is -7.48. The molecule has 1 aliphatic heterocycles. The normalized spacial score (nSPS) is 31.8. The van der Waals surface area contributed by atoms with Crippen LogP contribution in [0.25, 0.3) is 0 Å². The van der Waals surface area contributed by atoms with Crippen molar-refractivity contribution in [2.24, 2.45) is 0 Å². The highest BCUT2D eigenvalue weighted by Gasteiger charge is 2.45. The van der Waals surface area contributed by atoms with Crippen molar-refractivity contribution in [2.75, 3.05) is 6.61 Å². The number of carbonyl (C=O) groups is 1. The van der Waals surface area contributed by atoms with Crippen molar-refractivity contribution in [3.8, 4) is 5.75 Å². The number of carbonyl (C=O) groups excluding carboxylic acids is 1. The van der Waals surface area contributed by atoms with Gasteiger partial charge in [-0.1, -0.05) is 0 Å². The van der Waals surface area contributed by atoms with E-state index in [-0.39, 0.29) is 11.3 Å². The molecule has 1 saturated heterocycles. The number of benzene rings is 1. The molecule has 0 spiro atoms. The maximum Gasteiger partial charge on any atom is 0.340 e. The van der Waals surface area contributed by atoms with Crippen LogP contribution in [0.15, 0.2) is 18.2 Å². The van der Waals surface area contributed by atoms with E-state index in [1.54, 1.807) is 6.92 Å². The lowest BCUT2D eigenvalue weighted by Gasteiger charge is -2.39. The van der Waals surface area contributed by atoms with Crippen LogP contribution in [0.4, 0.5) is 0 Å². The number of aromatic hydroxyl groups is 1. The van der Waals surface area contributed by atoms with E-state index in [9.17, 15) is 25.2 Å². The summed E-state index contributed by atoms with van der Waals surface area (Å²) >= 11 is 0. The monoisotopic (exact) mass is 314 g/mol. The maximum absolute atomic E-state index is 12.0. The molecule has 8 heteroatoms. The Morgan fingerprint density at radius 3 is 2.50 bits per heavy atom. The number of hydrogen-bond donors (Lipinski definition) is 5. The highest BCUT2D eigenvalue weighted by atomic mass is 16.7. The Labute approximate surface area is 126 Å². The van der Waals surface area contributed by atoms with Crippen LogP contribution in [0.1, 0.15) is 15.9 Å². The van der Waals surface area contributed by atoms with Crippen LogP contribution in [-0.2, 0) is 9.47 Å². The predicted octanol–water partition coefficient (Wildman–Crippen LogP) is -1.34. The van der Waals surface area contributed by atoms with Crippen molar-refractivity contribution in [1.82, 2.24) is 0 Å². The Morgan fingerprint density at radius 2 is 1.91 bits per heavy atom. The second-order valence-electron chi connectivity index (χ2n) is 5.10. The zero-order valence-electron chi connectivity index (χ0n) is 11.8. The molecule has 122 valence electrons. The molecule has 2 rings (SSSR count). The number of rotatable bonds is 3. The fraction of sp³-hybridized carbons (Fsp3) is 0.500. The number of esters is 1. The first kappa shape index (κ1) is 16.7. The molecular weight excluding hydrogens is 296 g/mol. The third-order valence-electron chi connectivity index (χ3n) is 3.50. The van der Waals surface area contributed by atoms with Crippen LogP contribution >= 0.6 is 0 Å². The molecule has 5 N–H and O–H groups in total. The van der Waals surface area contributed by atoms with E-state index in [0.29, 0.717) is 5.56 Å². The van der Waals surface area contributed by atoms with E-state index in [1.165, 1.54) is 18.2 Å². The quantitative estimate of drug-likeness (QED) is 0.432. The summed E-state index contributed by atoms with van der Waals surface area (Å²) < 4.78 is 10.0. The SMILES string of the molecule is Cc1cc(C(=O)OC2OC(CO)C(O)C(O)C2O)ccc1O. The zero-order valence-corrected chi connectivity index (χ0v) is 11.8. The van der Waals surface area contributed by atoms with Crippen LogP contribution < -0.4 is 0 Å². The zero-order chi connectivity index (χ0) is 16.4. The van der Waals surface area contributed by atoms with E-state index in [1.807, 2.05) is 0 Å². The highest BCUT2D eigenvalue weighted by Crippen LogP contribution is 2.24. The van der Waals surface area contributed by atoms with Crippen LogP contribution in [0.2, 0.25) is 0 Å². The summed E-state index contributed by atoms with van der Waals surface area (Å²) in [6, 6.07) is 4.04. The molecule has 5 atom stereocenters. The van der Waals surface area contributed by atoms with E-state index >= 15 is 0 Å². The minimum Gasteiger partial charge on any atom is -0.508 e. The number of phenols is 1. The molecule has 5 unspecified atom stereocenters. The first-order valence-corrected chi connectivity index (χ1v) is 6.66. The van der Waals surface area contributed by atoms with E-state index in [0.717, 1.165) is 0 Å². The first-order valence-electron chi connectivity index (χ1n) is 6.66. The van der Waals surface area contributed by atoms with Crippen LogP contribution in [0, 0.1) is 6.92 Å². The third-order valence-corrected chi connectivity index (χ3v) is 3.50. The topological polar surface area (TPSA) is 137 Å². The second-order valence-corrected chi connectivity index (χ2v) is 5.10. The van der Waals surface area contributed by atoms with Gasteiger partial charge in [-0.15, -0.1) is 0 Å². The van der Waals surface area contributed by atoms with Crippen molar-refractivity contribution < 1.29 is 39.8 Å². The van der Waals surface area contributed by atoms with Gasteiger partial charge in [0.25, 0.3) is 0 Å². The van der Waals surface area contributed by atoms with Crippen molar-refractivity contribution >= 4 is 5.97 Å². The second kappa shape index (κ2) is 6.59. The van der Waals surface area contributed by atoms with Gasteiger partial charge in [0.1, 0.15) is 30.2 Å². The summed E-state index contributed by atoms with van der Waals surface area (Å²) in [5, 5.41) is 47.5. The molecule has 0 aromatic heterocycles. The smallest absolute Gasteiger partial charge is 0.340 e. The van der Waals surface area contributed by atoms with Crippen LogP contribution in [0.5, 0.6) is 5.75 Å². The average molecular weight is 314 g/mol. The average Bonchev–Trinajstić information content (AvgIpc) is 2.50. The largest absolute Gasteiger partial charge is 0.508 e. The molecule has 22 heavy (non-hydrogen) atoms. The Hall–Kier alpha value is -1.71. The molecule has 1 heterocycles. The van der Waals surface area contributed by atoms with Gasteiger partial charge in [0.15, 0.2) is 0 Å². The van der Waals surface area contributed by atoms with Gasteiger partial charge in [-0.25, -0.2) is 4.79 Å². The van der Waals surface area contributed by atoms with Crippen molar-refractivity contribution in [3.63, 3.8) is 0 Å². The summed E-state index contributed by atoms with van der Waals surface area (Å²) in [6.45, 7) is 0.983. The molecule has 0 aliphatic carbocycles. The van der Waals surface area contributed by atoms with E-state index < -0.39 is 43.3 Å². The van der Waals surface area contributed by atoms with Gasteiger partial charge in [-0.3, -0.25) is 0 Å². The number of phenolic OH excluding ortho intramolecular Hbond substituents is 1. The number of aliphatic hydroxyl groups excluding tert-OH is 4. The summed E-state index contributed by atoms with van der Waals surface area (Å²) in [5.41, 5.74) is 0.579. The number of aliphatic hydroxyl groups is 4. The van der Waals surface area contributed by atoms with Gasteiger partial charge < -0.3 is 35.0 Å². The summed E-state index contributed by atoms with van der Waals surface area (Å²) in [5.74, 6) is -0.822.